The van der Waals surface area contributed by atoms with Gasteiger partial charge in [-0.3, -0.25) is 9.59 Å². The van der Waals surface area contributed by atoms with Gasteiger partial charge in [-0.05, 0) is 25.8 Å². The molecule has 1 aromatic rings. The summed E-state index contributed by atoms with van der Waals surface area (Å²) in [5.41, 5.74) is 0. The molecule has 0 fully saturated rings. The molecule has 140 valence electrons. The van der Waals surface area contributed by atoms with E-state index in [0.717, 1.165) is 38.5 Å². The van der Waals surface area contributed by atoms with Crippen molar-refractivity contribution in [3.63, 3.8) is 0 Å². The summed E-state index contributed by atoms with van der Waals surface area (Å²) in [6.45, 7) is 2.24. The molecule has 0 aliphatic carbocycles. The van der Waals surface area contributed by atoms with Crippen molar-refractivity contribution >= 4 is 46.7 Å². The van der Waals surface area contributed by atoms with Crippen molar-refractivity contribution in [2.75, 3.05) is 6.61 Å². The number of ether oxygens (including phenoxy) is 2. The number of hydrogen-bond donors (Lipinski definition) is 0. The van der Waals surface area contributed by atoms with Crippen molar-refractivity contribution in [3.05, 3.63) is 27.2 Å². The lowest BCUT2D eigenvalue weighted by molar-refractivity contribution is -0.143. The Bertz CT molecular complexity index is 576. The van der Waals surface area contributed by atoms with E-state index in [1.165, 1.54) is 12.1 Å². The lowest BCUT2D eigenvalue weighted by Gasteiger charge is -2.07. The maximum Gasteiger partial charge on any atom is 0.311 e. The molecule has 0 spiro atoms. The SMILES string of the molecule is CCOC(=O)CCCCCCCCC(=O)Oc1cc(Cl)c(Cl)cc1Cl. The Balaban J connectivity index is 2.11. The summed E-state index contributed by atoms with van der Waals surface area (Å²) in [4.78, 5) is 23.0. The highest BCUT2D eigenvalue weighted by molar-refractivity contribution is 6.43. The Kier molecular flexibility index (Phi) is 10.9. The van der Waals surface area contributed by atoms with Crippen LogP contribution in [0.2, 0.25) is 15.1 Å². The zero-order valence-electron chi connectivity index (χ0n) is 14.3. The quantitative estimate of drug-likeness (QED) is 0.188. The first kappa shape index (κ1) is 22.1. The van der Waals surface area contributed by atoms with E-state index < -0.39 is 0 Å². The van der Waals surface area contributed by atoms with Crippen molar-refractivity contribution in [2.45, 2.75) is 58.3 Å². The van der Waals surface area contributed by atoms with Gasteiger partial charge in [0.15, 0.2) is 5.75 Å². The van der Waals surface area contributed by atoms with Gasteiger partial charge >= 0.3 is 11.9 Å². The van der Waals surface area contributed by atoms with Crippen molar-refractivity contribution in [1.82, 2.24) is 0 Å². The summed E-state index contributed by atoms with van der Waals surface area (Å²) in [5, 5.41) is 0.857. The number of rotatable bonds is 11. The first-order chi connectivity index (χ1) is 11.9. The average Bonchev–Trinajstić information content (AvgIpc) is 2.55. The highest BCUT2D eigenvalue weighted by atomic mass is 35.5. The molecule has 0 aliphatic heterocycles. The summed E-state index contributed by atoms with van der Waals surface area (Å²) in [5.74, 6) is -0.256. The summed E-state index contributed by atoms with van der Waals surface area (Å²) in [6, 6.07) is 2.89. The van der Waals surface area contributed by atoms with E-state index in [1.807, 2.05) is 0 Å². The third-order valence-electron chi connectivity index (χ3n) is 3.52. The van der Waals surface area contributed by atoms with Crippen LogP contribution in [0.5, 0.6) is 5.75 Å². The molecule has 0 aliphatic rings. The van der Waals surface area contributed by atoms with Crippen LogP contribution >= 0.6 is 34.8 Å². The molecular formula is C18H23Cl3O4. The number of halogens is 3. The first-order valence-corrected chi connectivity index (χ1v) is 9.58. The maximum atomic E-state index is 11.8. The number of benzene rings is 1. The third kappa shape index (κ3) is 9.34. The van der Waals surface area contributed by atoms with Gasteiger partial charge in [-0.15, -0.1) is 0 Å². The number of unbranched alkanes of at least 4 members (excludes halogenated alkanes) is 5. The van der Waals surface area contributed by atoms with Crippen LogP contribution < -0.4 is 4.74 Å². The normalized spacial score (nSPS) is 10.6. The van der Waals surface area contributed by atoms with Crippen LogP contribution in [0.15, 0.2) is 12.1 Å². The predicted octanol–water partition coefficient (Wildman–Crippen LogP) is 6.24. The van der Waals surface area contributed by atoms with Crippen molar-refractivity contribution < 1.29 is 19.1 Å². The maximum absolute atomic E-state index is 11.8. The highest BCUT2D eigenvalue weighted by Gasteiger charge is 2.11. The summed E-state index contributed by atoms with van der Waals surface area (Å²) in [6.07, 6.45) is 6.36. The molecular weight excluding hydrogens is 387 g/mol. The molecule has 0 aromatic heterocycles. The molecule has 25 heavy (non-hydrogen) atoms. The minimum Gasteiger partial charge on any atom is -0.466 e. The largest absolute Gasteiger partial charge is 0.466 e. The smallest absolute Gasteiger partial charge is 0.311 e. The van der Waals surface area contributed by atoms with Gasteiger partial charge in [0.25, 0.3) is 0 Å². The van der Waals surface area contributed by atoms with Gasteiger partial charge in [-0.2, -0.15) is 0 Å². The van der Waals surface area contributed by atoms with Gasteiger partial charge in [0.2, 0.25) is 0 Å². The number of carbonyl (C=O) groups is 2. The van der Waals surface area contributed by atoms with Gasteiger partial charge in [0, 0.05) is 18.9 Å². The summed E-state index contributed by atoms with van der Waals surface area (Å²) < 4.78 is 10.1. The van der Waals surface area contributed by atoms with Gasteiger partial charge in [-0.25, -0.2) is 0 Å². The van der Waals surface area contributed by atoms with Crippen LogP contribution in [0.4, 0.5) is 0 Å². The molecule has 7 heteroatoms. The van der Waals surface area contributed by atoms with E-state index in [9.17, 15) is 9.59 Å². The fourth-order valence-electron chi connectivity index (χ4n) is 2.24. The van der Waals surface area contributed by atoms with E-state index in [0.29, 0.717) is 24.5 Å². The van der Waals surface area contributed by atoms with E-state index in [1.54, 1.807) is 6.92 Å². The molecule has 1 aromatic carbocycles. The molecule has 0 atom stereocenters. The fourth-order valence-corrected chi connectivity index (χ4v) is 2.81. The molecule has 0 heterocycles. The zero-order valence-corrected chi connectivity index (χ0v) is 16.6. The molecule has 1 rings (SSSR count). The van der Waals surface area contributed by atoms with Gasteiger partial charge < -0.3 is 9.47 Å². The van der Waals surface area contributed by atoms with Crippen molar-refractivity contribution in [1.29, 1.82) is 0 Å². The zero-order chi connectivity index (χ0) is 18.7. The van der Waals surface area contributed by atoms with E-state index in [2.05, 4.69) is 0 Å². The average molecular weight is 410 g/mol. The second kappa shape index (κ2) is 12.4. The van der Waals surface area contributed by atoms with E-state index >= 15 is 0 Å². The molecule has 0 saturated carbocycles. The van der Waals surface area contributed by atoms with Crippen LogP contribution in [0, 0.1) is 0 Å². The topological polar surface area (TPSA) is 52.6 Å². The van der Waals surface area contributed by atoms with Gasteiger partial charge in [0.1, 0.15) is 0 Å². The standard InChI is InChI=1S/C18H23Cl3O4/c1-2-24-17(22)9-7-5-3-4-6-8-10-18(23)25-16-12-14(20)13(19)11-15(16)21/h11-12H,2-10H2,1H3. The molecule has 0 bridgehead atoms. The second-order valence-electron chi connectivity index (χ2n) is 5.60. The van der Waals surface area contributed by atoms with Crippen molar-refractivity contribution in [3.8, 4) is 5.75 Å². The summed E-state index contributed by atoms with van der Waals surface area (Å²) in [7, 11) is 0. The van der Waals surface area contributed by atoms with Crippen LogP contribution in [0.25, 0.3) is 0 Å². The highest BCUT2D eigenvalue weighted by Crippen LogP contribution is 2.34. The van der Waals surface area contributed by atoms with Gasteiger partial charge in [-0.1, -0.05) is 60.5 Å². The first-order valence-electron chi connectivity index (χ1n) is 8.45. The lowest BCUT2D eigenvalue weighted by atomic mass is 10.1. The molecule has 0 amide bonds. The molecule has 0 saturated heterocycles. The van der Waals surface area contributed by atoms with Crippen LogP contribution in [-0.2, 0) is 14.3 Å². The number of esters is 2. The number of carbonyl (C=O) groups excluding carboxylic acids is 2. The molecule has 0 unspecified atom stereocenters. The Morgan fingerprint density at radius 3 is 1.92 bits per heavy atom. The fraction of sp³-hybridized carbons (Fsp3) is 0.556. The Morgan fingerprint density at radius 1 is 0.800 bits per heavy atom. The lowest BCUT2D eigenvalue weighted by Crippen LogP contribution is -2.08. The second-order valence-corrected chi connectivity index (χ2v) is 6.82. The van der Waals surface area contributed by atoms with E-state index in [-0.39, 0.29) is 27.7 Å². The molecule has 4 nitrogen and oxygen atoms in total. The third-order valence-corrected chi connectivity index (χ3v) is 4.53. The predicted molar refractivity (Wildman–Crippen MR) is 101 cm³/mol. The van der Waals surface area contributed by atoms with Crippen LogP contribution in [0.3, 0.4) is 0 Å². The Labute approximate surface area is 163 Å². The van der Waals surface area contributed by atoms with E-state index in [4.69, 9.17) is 44.3 Å². The Morgan fingerprint density at radius 2 is 1.32 bits per heavy atom. The summed E-state index contributed by atoms with van der Waals surface area (Å²) >= 11 is 17.7. The number of hydrogen-bond acceptors (Lipinski definition) is 4. The minimum absolute atomic E-state index is 0.133. The van der Waals surface area contributed by atoms with Crippen molar-refractivity contribution in [2.24, 2.45) is 0 Å². The monoisotopic (exact) mass is 408 g/mol. The molecule has 0 N–H and O–H groups in total. The Hall–Kier alpha value is -0.970. The van der Waals surface area contributed by atoms with Gasteiger partial charge in [0.05, 0.1) is 21.7 Å². The minimum atomic E-state index is -0.345. The molecule has 0 radical (unpaired) electrons. The van der Waals surface area contributed by atoms with Crippen LogP contribution in [0.1, 0.15) is 58.3 Å². The van der Waals surface area contributed by atoms with Crippen LogP contribution in [-0.4, -0.2) is 18.5 Å².